The number of esters is 1. The van der Waals surface area contributed by atoms with Gasteiger partial charge in [0.1, 0.15) is 0 Å². The Balaban J connectivity index is 2.49. The van der Waals surface area contributed by atoms with Crippen LogP contribution in [-0.2, 0) is 9.53 Å². The summed E-state index contributed by atoms with van der Waals surface area (Å²) >= 11 is 0. The van der Waals surface area contributed by atoms with E-state index in [-0.39, 0.29) is 5.76 Å². The second-order valence-electron chi connectivity index (χ2n) is 4.26. The van der Waals surface area contributed by atoms with Crippen molar-refractivity contribution in [2.75, 3.05) is 6.61 Å². The molecule has 0 saturated carbocycles. The number of rotatable bonds is 5. The summed E-state index contributed by atoms with van der Waals surface area (Å²) in [7, 11) is 0. The van der Waals surface area contributed by atoms with Gasteiger partial charge in [-0.15, -0.1) is 0 Å². The summed E-state index contributed by atoms with van der Waals surface area (Å²) < 4.78 is 4.93. The molecule has 0 fully saturated rings. The lowest BCUT2D eigenvalue weighted by atomic mass is 10.1. The topological polar surface area (TPSA) is 46.5 Å². The second-order valence-corrected chi connectivity index (χ2v) is 4.26. The maximum Gasteiger partial charge on any atom is 0.373 e. The molecule has 0 unspecified atom stereocenters. The van der Waals surface area contributed by atoms with Crippen LogP contribution < -0.4 is 0 Å². The molecule has 0 saturated heterocycles. The van der Waals surface area contributed by atoms with E-state index in [1.165, 1.54) is 6.08 Å². The Bertz CT molecular complexity index is 380. The summed E-state index contributed by atoms with van der Waals surface area (Å²) in [6, 6.07) is 9.15. The standard InChI is InChI=1S/C14H18O3/c1-11(2)8-9-17-14(16)13(15)10-12-6-4-3-5-7-12/h3-7,10-11,15H,8-9H2,1-2H3. The highest BCUT2D eigenvalue weighted by molar-refractivity contribution is 5.90. The van der Waals surface area contributed by atoms with Gasteiger partial charge in [-0.05, 0) is 24.0 Å². The minimum absolute atomic E-state index is 0.336. The van der Waals surface area contributed by atoms with Crippen LogP contribution in [0.15, 0.2) is 36.1 Å². The summed E-state index contributed by atoms with van der Waals surface area (Å²) in [5, 5.41) is 9.52. The monoisotopic (exact) mass is 234 g/mol. The predicted molar refractivity (Wildman–Crippen MR) is 67.5 cm³/mol. The van der Waals surface area contributed by atoms with Crippen LogP contribution in [0.25, 0.3) is 6.08 Å². The molecule has 1 aromatic rings. The molecule has 0 radical (unpaired) electrons. The van der Waals surface area contributed by atoms with Crippen LogP contribution >= 0.6 is 0 Å². The van der Waals surface area contributed by atoms with Crippen LogP contribution in [-0.4, -0.2) is 17.7 Å². The largest absolute Gasteiger partial charge is 0.502 e. The van der Waals surface area contributed by atoms with Gasteiger partial charge in [-0.1, -0.05) is 44.2 Å². The smallest absolute Gasteiger partial charge is 0.373 e. The van der Waals surface area contributed by atoms with E-state index in [2.05, 4.69) is 0 Å². The van der Waals surface area contributed by atoms with Crippen LogP contribution in [0.1, 0.15) is 25.8 Å². The average Bonchev–Trinajstić information content (AvgIpc) is 2.29. The Hall–Kier alpha value is -1.77. The number of carbonyl (C=O) groups is 1. The number of aliphatic hydroxyl groups excluding tert-OH is 1. The van der Waals surface area contributed by atoms with E-state index in [1.807, 2.05) is 32.0 Å². The van der Waals surface area contributed by atoms with E-state index < -0.39 is 5.97 Å². The summed E-state index contributed by atoms with van der Waals surface area (Å²) in [5.41, 5.74) is 0.769. The predicted octanol–water partition coefficient (Wildman–Crippen LogP) is 3.17. The zero-order chi connectivity index (χ0) is 12.7. The van der Waals surface area contributed by atoms with Gasteiger partial charge in [-0.25, -0.2) is 4.79 Å². The third-order valence-corrected chi connectivity index (χ3v) is 2.24. The Morgan fingerprint density at radius 1 is 1.35 bits per heavy atom. The first-order chi connectivity index (χ1) is 8.09. The van der Waals surface area contributed by atoms with Crippen molar-refractivity contribution in [2.45, 2.75) is 20.3 Å². The summed E-state index contributed by atoms with van der Waals surface area (Å²) in [5.74, 6) is -0.558. The molecule has 3 heteroatoms. The van der Waals surface area contributed by atoms with Gasteiger partial charge in [0.05, 0.1) is 6.61 Å². The van der Waals surface area contributed by atoms with Crippen molar-refractivity contribution in [3.63, 3.8) is 0 Å². The summed E-state index contributed by atoms with van der Waals surface area (Å²) in [6.45, 7) is 4.43. The molecular formula is C14H18O3. The Labute approximate surface area is 102 Å². The van der Waals surface area contributed by atoms with E-state index in [1.54, 1.807) is 12.1 Å². The molecule has 0 aliphatic heterocycles. The molecule has 1 N–H and O–H groups in total. The lowest BCUT2D eigenvalue weighted by Gasteiger charge is -2.06. The van der Waals surface area contributed by atoms with Gasteiger partial charge in [0, 0.05) is 0 Å². The van der Waals surface area contributed by atoms with Crippen LogP contribution in [0.5, 0.6) is 0 Å². The van der Waals surface area contributed by atoms with Gasteiger partial charge in [0.25, 0.3) is 0 Å². The molecule has 1 rings (SSSR count). The first-order valence-electron chi connectivity index (χ1n) is 5.72. The van der Waals surface area contributed by atoms with E-state index in [9.17, 15) is 9.90 Å². The van der Waals surface area contributed by atoms with Crippen LogP contribution in [0.2, 0.25) is 0 Å². The third kappa shape index (κ3) is 5.20. The van der Waals surface area contributed by atoms with Crippen molar-refractivity contribution in [1.82, 2.24) is 0 Å². The molecule has 0 aromatic heterocycles. The van der Waals surface area contributed by atoms with Crippen molar-refractivity contribution in [3.8, 4) is 0 Å². The second kappa shape index (κ2) is 6.74. The van der Waals surface area contributed by atoms with Crippen molar-refractivity contribution in [3.05, 3.63) is 41.7 Å². The molecular weight excluding hydrogens is 216 g/mol. The van der Waals surface area contributed by atoms with Gasteiger partial charge < -0.3 is 9.84 Å². The number of hydrogen-bond donors (Lipinski definition) is 1. The zero-order valence-corrected chi connectivity index (χ0v) is 10.2. The summed E-state index contributed by atoms with van der Waals surface area (Å²) in [6.07, 6.45) is 2.20. The van der Waals surface area contributed by atoms with Crippen LogP contribution in [0, 0.1) is 5.92 Å². The lowest BCUT2D eigenvalue weighted by Crippen LogP contribution is -2.09. The zero-order valence-electron chi connectivity index (χ0n) is 10.2. The maximum absolute atomic E-state index is 11.4. The maximum atomic E-state index is 11.4. The van der Waals surface area contributed by atoms with Crippen molar-refractivity contribution >= 4 is 12.0 Å². The summed E-state index contributed by atoms with van der Waals surface area (Å²) in [4.78, 5) is 11.4. The van der Waals surface area contributed by atoms with E-state index in [4.69, 9.17) is 4.74 Å². The molecule has 92 valence electrons. The SMILES string of the molecule is CC(C)CCOC(=O)C(O)=Cc1ccccc1. The average molecular weight is 234 g/mol. The number of hydrogen-bond acceptors (Lipinski definition) is 3. The van der Waals surface area contributed by atoms with Gasteiger partial charge in [0.2, 0.25) is 5.76 Å². The van der Waals surface area contributed by atoms with Crippen molar-refractivity contribution in [2.24, 2.45) is 5.92 Å². The number of ether oxygens (including phenoxy) is 1. The van der Waals surface area contributed by atoms with Crippen LogP contribution in [0.4, 0.5) is 0 Å². The first kappa shape index (κ1) is 13.3. The van der Waals surface area contributed by atoms with Gasteiger partial charge in [0.15, 0.2) is 0 Å². The number of carbonyl (C=O) groups excluding carboxylic acids is 1. The Morgan fingerprint density at radius 3 is 2.59 bits per heavy atom. The highest BCUT2D eigenvalue weighted by atomic mass is 16.5. The minimum Gasteiger partial charge on any atom is -0.502 e. The molecule has 0 amide bonds. The number of aliphatic hydroxyl groups is 1. The fourth-order valence-corrected chi connectivity index (χ4v) is 1.23. The van der Waals surface area contributed by atoms with Crippen LogP contribution in [0.3, 0.4) is 0 Å². The van der Waals surface area contributed by atoms with Crippen molar-refractivity contribution in [1.29, 1.82) is 0 Å². The van der Waals surface area contributed by atoms with Crippen molar-refractivity contribution < 1.29 is 14.6 Å². The molecule has 17 heavy (non-hydrogen) atoms. The fraction of sp³-hybridized carbons (Fsp3) is 0.357. The quantitative estimate of drug-likeness (QED) is 0.483. The van der Waals surface area contributed by atoms with E-state index in [0.29, 0.717) is 12.5 Å². The highest BCUT2D eigenvalue weighted by Gasteiger charge is 2.09. The van der Waals surface area contributed by atoms with Gasteiger partial charge in [-0.2, -0.15) is 0 Å². The molecule has 0 bridgehead atoms. The molecule has 0 aliphatic rings. The van der Waals surface area contributed by atoms with Gasteiger partial charge >= 0.3 is 5.97 Å². The molecule has 0 heterocycles. The Kier molecular flexibility index (Phi) is 5.27. The fourth-order valence-electron chi connectivity index (χ4n) is 1.23. The highest BCUT2D eigenvalue weighted by Crippen LogP contribution is 2.07. The van der Waals surface area contributed by atoms with E-state index in [0.717, 1.165) is 12.0 Å². The van der Waals surface area contributed by atoms with Gasteiger partial charge in [-0.3, -0.25) is 0 Å². The normalized spacial score (nSPS) is 11.6. The lowest BCUT2D eigenvalue weighted by molar-refractivity contribution is -0.142. The van der Waals surface area contributed by atoms with E-state index >= 15 is 0 Å². The Morgan fingerprint density at radius 2 is 2.00 bits per heavy atom. The third-order valence-electron chi connectivity index (χ3n) is 2.24. The molecule has 0 spiro atoms. The molecule has 0 aliphatic carbocycles. The molecule has 0 atom stereocenters. The number of benzene rings is 1. The molecule has 1 aromatic carbocycles. The minimum atomic E-state index is -0.672. The first-order valence-corrected chi connectivity index (χ1v) is 5.72. The molecule has 3 nitrogen and oxygen atoms in total.